The van der Waals surface area contributed by atoms with E-state index in [0.29, 0.717) is 13.0 Å². The third kappa shape index (κ3) is 6.65. The van der Waals surface area contributed by atoms with Crippen molar-refractivity contribution in [1.82, 2.24) is 9.62 Å². The largest absolute Gasteiger partial charge is 0.317 e. The lowest BCUT2D eigenvalue weighted by Crippen LogP contribution is -2.29. The molecule has 0 fully saturated rings. The molecule has 0 aliphatic rings. The molecule has 0 unspecified atom stereocenters. The fraction of sp³-hybridized carbons (Fsp3) is 0.800. The zero-order valence-corrected chi connectivity index (χ0v) is 10.5. The van der Waals surface area contributed by atoms with Crippen LogP contribution in [-0.4, -0.2) is 45.2 Å². The second kappa shape index (κ2) is 7.84. The van der Waals surface area contributed by atoms with Gasteiger partial charge in [0, 0.05) is 13.6 Å². The van der Waals surface area contributed by atoms with Gasteiger partial charge in [-0.1, -0.05) is 13.0 Å². The number of hydrogen-bond acceptors (Lipinski definition) is 3. The highest BCUT2D eigenvalue weighted by atomic mass is 32.2. The van der Waals surface area contributed by atoms with Gasteiger partial charge in [0.25, 0.3) is 0 Å². The number of rotatable bonds is 9. The Labute approximate surface area is 93.4 Å². The summed E-state index contributed by atoms with van der Waals surface area (Å²) in [5.74, 6) is 0.225. The topological polar surface area (TPSA) is 49.4 Å². The highest BCUT2D eigenvalue weighted by molar-refractivity contribution is 7.89. The Morgan fingerprint density at radius 1 is 1.40 bits per heavy atom. The van der Waals surface area contributed by atoms with Crippen molar-refractivity contribution in [2.45, 2.75) is 19.8 Å². The minimum atomic E-state index is -3.08. The monoisotopic (exact) mass is 234 g/mol. The lowest BCUT2D eigenvalue weighted by atomic mass is 10.3. The van der Waals surface area contributed by atoms with Crippen molar-refractivity contribution in [3.63, 3.8) is 0 Å². The maximum absolute atomic E-state index is 11.6. The first-order chi connectivity index (χ1) is 7.04. The van der Waals surface area contributed by atoms with Gasteiger partial charge in [-0.3, -0.25) is 0 Å². The number of unbranched alkanes of at least 4 members (excludes halogenated alkanes) is 1. The van der Waals surface area contributed by atoms with Crippen LogP contribution in [0.15, 0.2) is 12.7 Å². The predicted molar refractivity (Wildman–Crippen MR) is 64.4 cm³/mol. The normalized spacial score (nSPS) is 11.9. The molecule has 15 heavy (non-hydrogen) atoms. The third-order valence-electron chi connectivity index (χ3n) is 2.12. The van der Waals surface area contributed by atoms with Crippen molar-refractivity contribution in [3.05, 3.63) is 12.7 Å². The van der Waals surface area contributed by atoms with Crippen LogP contribution < -0.4 is 5.32 Å². The molecule has 0 amide bonds. The highest BCUT2D eigenvalue weighted by Crippen LogP contribution is 2.01. The van der Waals surface area contributed by atoms with Gasteiger partial charge in [-0.15, -0.1) is 6.58 Å². The molecule has 0 rings (SSSR count). The summed E-state index contributed by atoms with van der Waals surface area (Å²) >= 11 is 0. The summed E-state index contributed by atoms with van der Waals surface area (Å²) in [5.41, 5.74) is 0. The van der Waals surface area contributed by atoms with Crippen LogP contribution in [0.2, 0.25) is 0 Å². The standard InChI is InChI=1S/C10H22N2O2S/c1-4-9-12(3)15(13,14)10-7-6-8-11-5-2/h4,11H,1,5-10H2,2-3H3. The molecule has 0 spiro atoms. The second-order valence-electron chi connectivity index (χ2n) is 3.45. The molecule has 5 heteroatoms. The quantitative estimate of drug-likeness (QED) is 0.475. The lowest BCUT2D eigenvalue weighted by Gasteiger charge is -2.14. The molecule has 0 bridgehead atoms. The number of sulfonamides is 1. The van der Waals surface area contributed by atoms with Crippen LogP contribution in [-0.2, 0) is 10.0 Å². The highest BCUT2D eigenvalue weighted by Gasteiger charge is 2.15. The lowest BCUT2D eigenvalue weighted by molar-refractivity contribution is 0.496. The summed E-state index contributed by atoms with van der Waals surface area (Å²) in [7, 11) is -1.49. The molecule has 0 aliphatic carbocycles. The summed E-state index contributed by atoms with van der Waals surface area (Å²) in [6.07, 6.45) is 3.20. The number of likely N-dealkylation sites (N-methyl/N-ethyl adjacent to an activating group) is 1. The van der Waals surface area contributed by atoms with Crippen molar-refractivity contribution in [3.8, 4) is 0 Å². The second-order valence-corrected chi connectivity index (χ2v) is 5.64. The Kier molecular flexibility index (Phi) is 7.64. The van der Waals surface area contributed by atoms with Gasteiger partial charge in [0.05, 0.1) is 5.75 Å². The third-order valence-corrected chi connectivity index (χ3v) is 4.02. The van der Waals surface area contributed by atoms with E-state index in [-0.39, 0.29) is 5.75 Å². The van der Waals surface area contributed by atoms with E-state index in [1.165, 1.54) is 4.31 Å². The fourth-order valence-corrected chi connectivity index (χ4v) is 2.38. The smallest absolute Gasteiger partial charge is 0.214 e. The molecule has 0 heterocycles. The van der Waals surface area contributed by atoms with Crippen LogP contribution in [0.25, 0.3) is 0 Å². The first-order valence-corrected chi connectivity index (χ1v) is 6.91. The van der Waals surface area contributed by atoms with Gasteiger partial charge in [0.1, 0.15) is 0 Å². The van der Waals surface area contributed by atoms with Crippen molar-refractivity contribution in [2.75, 3.05) is 32.4 Å². The molecule has 0 aromatic heterocycles. The molecular weight excluding hydrogens is 212 g/mol. The maximum atomic E-state index is 11.6. The average molecular weight is 234 g/mol. The van der Waals surface area contributed by atoms with Gasteiger partial charge in [-0.05, 0) is 25.9 Å². The minimum Gasteiger partial charge on any atom is -0.317 e. The summed E-state index contributed by atoms with van der Waals surface area (Å²) in [5, 5.41) is 3.16. The molecule has 0 aromatic rings. The van der Waals surface area contributed by atoms with E-state index in [9.17, 15) is 8.42 Å². The van der Waals surface area contributed by atoms with Crippen LogP contribution in [0.1, 0.15) is 19.8 Å². The van der Waals surface area contributed by atoms with E-state index in [0.717, 1.165) is 19.5 Å². The summed E-state index contributed by atoms with van der Waals surface area (Å²) < 4.78 is 24.6. The van der Waals surface area contributed by atoms with Gasteiger partial charge in [-0.25, -0.2) is 12.7 Å². The molecule has 0 aromatic carbocycles. The first kappa shape index (κ1) is 14.6. The summed E-state index contributed by atoms with van der Waals surface area (Å²) in [6.45, 7) is 7.76. The van der Waals surface area contributed by atoms with Crippen LogP contribution in [0.3, 0.4) is 0 Å². The van der Waals surface area contributed by atoms with Gasteiger partial charge in [0.15, 0.2) is 0 Å². The zero-order chi connectivity index (χ0) is 11.7. The van der Waals surface area contributed by atoms with Crippen molar-refractivity contribution >= 4 is 10.0 Å². The van der Waals surface area contributed by atoms with Crippen LogP contribution in [0.4, 0.5) is 0 Å². The Balaban J connectivity index is 3.79. The summed E-state index contributed by atoms with van der Waals surface area (Å²) in [6, 6.07) is 0. The van der Waals surface area contributed by atoms with E-state index >= 15 is 0 Å². The van der Waals surface area contributed by atoms with E-state index < -0.39 is 10.0 Å². The SMILES string of the molecule is C=CCN(C)S(=O)(=O)CCCCNCC. The van der Waals surface area contributed by atoms with Crippen LogP contribution in [0, 0.1) is 0 Å². The van der Waals surface area contributed by atoms with Gasteiger partial charge >= 0.3 is 0 Å². The molecule has 90 valence electrons. The van der Waals surface area contributed by atoms with E-state index in [2.05, 4.69) is 11.9 Å². The van der Waals surface area contributed by atoms with Gasteiger partial charge in [-0.2, -0.15) is 0 Å². The molecule has 0 aliphatic heterocycles. The van der Waals surface area contributed by atoms with Crippen LogP contribution >= 0.6 is 0 Å². The first-order valence-electron chi connectivity index (χ1n) is 5.30. The van der Waals surface area contributed by atoms with Crippen molar-refractivity contribution in [2.24, 2.45) is 0 Å². The molecule has 1 N–H and O–H groups in total. The van der Waals surface area contributed by atoms with E-state index in [4.69, 9.17) is 0 Å². The zero-order valence-electron chi connectivity index (χ0n) is 9.70. The predicted octanol–water partition coefficient (Wildman–Crippen LogP) is 0.824. The number of nitrogens with zero attached hydrogens (tertiary/aromatic N) is 1. The van der Waals surface area contributed by atoms with Gasteiger partial charge < -0.3 is 5.32 Å². The molecular formula is C10H22N2O2S. The number of nitrogens with one attached hydrogen (secondary N) is 1. The van der Waals surface area contributed by atoms with E-state index in [1.807, 2.05) is 6.92 Å². The van der Waals surface area contributed by atoms with Crippen LogP contribution in [0.5, 0.6) is 0 Å². The Bertz CT molecular complexity index is 263. The number of hydrogen-bond donors (Lipinski definition) is 1. The average Bonchev–Trinajstić information content (AvgIpc) is 2.18. The molecule has 0 radical (unpaired) electrons. The van der Waals surface area contributed by atoms with E-state index in [1.54, 1.807) is 13.1 Å². The van der Waals surface area contributed by atoms with Crippen molar-refractivity contribution < 1.29 is 8.42 Å². The Morgan fingerprint density at radius 3 is 2.60 bits per heavy atom. The fourth-order valence-electron chi connectivity index (χ4n) is 1.16. The van der Waals surface area contributed by atoms with Crippen molar-refractivity contribution in [1.29, 1.82) is 0 Å². The maximum Gasteiger partial charge on any atom is 0.214 e. The Hall–Kier alpha value is -0.390. The molecule has 4 nitrogen and oxygen atoms in total. The minimum absolute atomic E-state index is 0.225. The molecule has 0 atom stereocenters. The van der Waals surface area contributed by atoms with Gasteiger partial charge in [0.2, 0.25) is 10.0 Å². The molecule has 0 saturated heterocycles. The summed E-state index contributed by atoms with van der Waals surface area (Å²) in [4.78, 5) is 0. The molecule has 0 saturated carbocycles. The Morgan fingerprint density at radius 2 is 2.07 bits per heavy atom.